The monoisotopic (exact) mass is 486 g/mol. The molecule has 174 valence electrons. The molecule has 8 nitrogen and oxygen atoms in total. The molecule has 0 unspecified atom stereocenters. The van der Waals surface area contributed by atoms with Crippen LogP contribution in [0.4, 0.5) is 5.69 Å². The van der Waals surface area contributed by atoms with Crippen molar-refractivity contribution in [3.05, 3.63) is 69.4 Å². The smallest absolute Gasteiger partial charge is 0.274 e. The summed E-state index contributed by atoms with van der Waals surface area (Å²) in [5.41, 5.74) is 2.45. The minimum absolute atomic E-state index is 0.0597. The Morgan fingerprint density at radius 3 is 2.82 bits per heavy atom. The fourth-order valence-electron chi connectivity index (χ4n) is 3.75. The predicted molar refractivity (Wildman–Crippen MR) is 129 cm³/mol. The number of hydrogen-bond donors (Lipinski definition) is 0. The Labute approximate surface area is 202 Å². The third-order valence-electron chi connectivity index (χ3n) is 5.47. The van der Waals surface area contributed by atoms with E-state index >= 15 is 0 Å². The predicted octanol–water partition coefficient (Wildman–Crippen LogP) is 3.22. The Morgan fingerprint density at radius 2 is 2.09 bits per heavy atom. The Bertz CT molecular complexity index is 1130. The van der Waals surface area contributed by atoms with Crippen LogP contribution in [0.1, 0.15) is 22.6 Å². The molecule has 1 saturated heterocycles. The van der Waals surface area contributed by atoms with E-state index in [1.54, 1.807) is 30.8 Å². The van der Waals surface area contributed by atoms with Gasteiger partial charge >= 0.3 is 0 Å². The van der Waals surface area contributed by atoms with Crippen molar-refractivity contribution in [1.29, 1.82) is 0 Å². The number of piperazine rings is 1. The summed E-state index contributed by atoms with van der Waals surface area (Å²) < 4.78 is 7.52. The van der Waals surface area contributed by atoms with Gasteiger partial charge in [0.2, 0.25) is 0 Å². The van der Waals surface area contributed by atoms with E-state index in [-0.39, 0.29) is 5.91 Å². The van der Waals surface area contributed by atoms with E-state index in [2.05, 4.69) is 24.8 Å². The molecule has 3 aromatic rings. The summed E-state index contributed by atoms with van der Waals surface area (Å²) in [6.07, 6.45) is 5.55. The molecule has 1 aliphatic rings. The van der Waals surface area contributed by atoms with Gasteiger partial charge in [0.05, 0.1) is 11.9 Å². The number of benzene rings is 1. The highest BCUT2D eigenvalue weighted by Crippen LogP contribution is 2.18. The van der Waals surface area contributed by atoms with Gasteiger partial charge in [-0.3, -0.25) is 14.7 Å². The van der Waals surface area contributed by atoms with Crippen molar-refractivity contribution in [3.8, 4) is 0 Å². The summed E-state index contributed by atoms with van der Waals surface area (Å²) in [5.74, 6) is -0.0597. The summed E-state index contributed by atoms with van der Waals surface area (Å²) in [6, 6.07) is 7.58. The lowest BCUT2D eigenvalue weighted by Crippen LogP contribution is -2.48. The molecule has 3 heterocycles. The molecule has 0 atom stereocenters. The molecule has 10 heteroatoms. The first kappa shape index (κ1) is 23.6. The average Bonchev–Trinajstić information content (AvgIpc) is 3.20. The number of halogens is 1. The molecular weight excluding hydrogens is 460 g/mol. The van der Waals surface area contributed by atoms with Gasteiger partial charge in [0, 0.05) is 81.5 Å². The van der Waals surface area contributed by atoms with E-state index in [9.17, 15) is 4.79 Å². The van der Waals surface area contributed by atoms with Gasteiger partial charge in [-0.25, -0.2) is 9.98 Å². The largest absolute Gasteiger partial charge is 0.385 e. The Morgan fingerprint density at radius 1 is 1.24 bits per heavy atom. The van der Waals surface area contributed by atoms with Crippen molar-refractivity contribution < 1.29 is 9.53 Å². The van der Waals surface area contributed by atoms with Crippen LogP contribution in [0.3, 0.4) is 0 Å². The van der Waals surface area contributed by atoms with E-state index in [1.165, 1.54) is 11.9 Å². The molecule has 0 radical (unpaired) electrons. The van der Waals surface area contributed by atoms with Crippen molar-refractivity contribution in [2.45, 2.75) is 19.5 Å². The van der Waals surface area contributed by atoms with Crippen LogP contribution in [0, 0.1) is 0 Å². The molecule has 0 aliphatic carbocycles. The molecule has 1 aromatic carbocycles. The molecular formula is C23H27ClN6O2S. The quantitative estimate of drug-likeness (QED) is 0.457. The molecule has 0 bridgehead atoms. The van der Waals surface area contributed by atoms with Crippen LogP contribution in [0.25, 0.3) is 0 Å². The normalized spacial score (nSPS) is 15.2. The van der Waals surface area contributed by atoms with E-state index in [1.807, 2.05) is 29.2 Å². The van der Waals surface area contributed by atoms with E-state index in [4.69, 9.17) is 21.3 Å². The standard InChI is InChI=1S/C23H27ClN6O2S/c1-32-13-3-8-30-20(17-33-23(30)27-19-5-2-4-18(24)14-19)16-28-9-11-29(12-10-28)22(31)21-15-25-6-7-26-21/h2,4-7,14-15,17H,3,8-13,16H2,1H3. The SMILES string of the molecule is COCCCn1c(CN2CCN(C(=O)c3cnccn3)CC2)csc1=Nc1cccc(Cl)c1. The van der Waals surface area contributed by atoms with Crippen molar-refractivity contribution in [2.75, 3.05) is 39.9 Å². The second kappa shape index (κ2) is 11.5. The maximum atomic E-state index is 12.6. The molecule has 4 rings (SSSR count). The average molecular weight is 487 g/mol. The summed E-state index contributed by atoms with van der Waals surface area (Å²) in [5, 5.41) is 2.85. The zero-order valence-corrected chi connectivity index (χ0v) is 20.1. The van der Waals surface area contributed by atoms with Crippen LogP contribution in [0.2, 0.25) is 5.02 Å². The number of nitrogens with zero attached hydrogens (tertiary/aromatic N) is 6. The second-order valence-electron chi connectivity index (χ2n) is 7.76. The number of hydrogen-bond acceptors (Lipinski definition) is 7. The number of carbonyl (C=O) groups is 1. The summed E-state index contributed by atoms with van der Waals surface area (Å²) in [6.45, 7) is 5.29. The van der Waals surface area contributed by atoms with Gasteiger partial charge in [-0.15, -0.1) is 11.3 Å². The van der Waals surface area contributed by atoms with Crippen LogP contribution in [0.15, 0.2) is 53.2 Å². The topological polar surface area (TPSA) is 75.8 Å². The molecule has 2 aromatic heterocycles. The Kier molecular flexibility index (Phi) is 8.22. The van der Waals surface area contributed by atoms with Crippen molar-refractivity contribution in [1.82, 2.24) is 24.3 Å². The minimum Gasteiger partial charge on any atom is -0.385 e. The van der Waals surface area contributed by atoms with Crippen LogP contribution in [-0.2, 0) is 17.8 Å². The number of carbonyl (C=O) groups excluding carboxylic acids is 1. The first-order valence-corrected chi connectivity index (χ1v) is 12.1. The zero-order valence-electron chi connectivity index (χ0n) is 18.6. The second-order valence-corrected chi connectivity index (χ2v) is 9.03. The number of thiazole rings is 1. The van der Waals surface area contributed by atoms with Gasteiger partial charge in [-0.1, -0.05) is 17.7 Å². The number of methoxy groups -OCH3 is 1. The van der Waals surface area contributed by atoms with Gasteiger partial charge in [-0.2, -0.15) is 0 Å². The highest BCUT2D eigenvalue weighted by atomic mass is 35.5. The lowest BCUT2D eigenvalue weighted by atomic mass is 10.2. The molecule has 0 spiro atoms. The van der Waals surface area contributed by atoms with Crippen LogP contribution in [0.5, 0.6) is 0 Å². The minimum atomic E-state index is -0.0597. The first-order valence-electron chi connectivity index (χ1n) is 10.9. The molecule has 0 saturated carbocycles. The number of rotatable bonds is 8. The van der Waals surface area contributed by atoms with Crippen molar-refractivity contribution in [3.63, 3.8) is 0 Å². The van der Waals surface area contributed by atoms with Crippen LogP contribution < -0.4 is 4.80 Å². The first-order chi connectivity index (χ1) is 16.1. The van der Waals surface area contributed by atoms with Crippen molar-refractivity contribution >= 4 is 34.5 Å². The third kappa shape index (κ3) is 6.26. The van der Waals surface area contributed by atoms with Gasteiger partial charge in [0.25, 0.3) is 5.91 Å². The van der Waals surface area contributed by atoms with Gasteiger partial charge in [0.15, 0.2) is 4.80 Å². The molecule has 1 aliphatic heterocycles. The molecule has 0 N–H and O–H groups in total. The van der Waals surface area contributed by atoms with Gasteiger partial charge < -0.3 is 14.2 Å². The molecule has 1 amide bonds. The lowest BCUT2D eigenvalue weighted by molar-refractivity contribution is 0.0619. The molecule has 33 heavy (non-hydrogen) atoms. The third-order valence-corrected chi connectivity index (χ3v) is 6.62. The lowest BCUT2D eigenvalue weighted by Gasteiger charge is -2.34. The van der Waals surface area contributed by atoms with E-state index in [0.717, 1.165) is 43.1 Å². The molecule has 1 fully saturated rings. The number of amides is 1. The van der Waals surface area contributed by atoms with Gasteiger partial charge in [0.1, 0.15) is 5.69 Å². The van der Waals surface area contributed by atoms with E-state index < -0.39 is 0 Å². The van der Waals surface area contributed by atoms with E-state index in [0.29, 0.717) is 30.4 Å². The van der Waals surface area contributed by atoms with Crippen molar-refractivity contribution in [2.24, 2.45) is 4.99 Å². The summed E-state index contributed by atoms with van der Waals surface area (Å²) >= 11 is 7.77. The maximum Gasteiger partial charge on any atom is 0.274 e. The fourth-order valence-corrected chi connectivity index (χ4v) is 4.87. The highest BCUT2D eigenvalue weighted by Gasteiger charge is 2.23. The summed E-state index contributed by atoms with van der Waals surface area (Å²) in [7, 11) is 1.72. The summed E-state index contributed by atoms with van der Waals surface area (Å²) in [4.78, 5) is 30.8. The van der Waals surface area contributed by atoms with Gasteiger partial charge in [-0.05, 0) is 24.6 Å². The maximum absolute atomic E-state index is 12.6. The van der Waals surface area contributed by atoms with Crippen LogP contribution >= 0.6 is 22.9 Å². The number of aromatic nitrogens is 3. The number of ether oxygens (including phenoxy) is 1. The Balaban J connectivity index is 1.45. The Hall–Kier alpha value is -2.59. The van der Waals surface area contributed by atoms with Crippen LogP contribution in [-0.4, -0.2) is 70.1 Å². The highest BCUT2D eigenvalue weighted by molar-refractivity contribution is 7.07. The fraction of sp³-hybridized carbons (Fsp3) is 0.391. The zero-order chi connectivity index (χ0) is 23.0.